The summed E-state index contributed by atoms with van der Waals surface area (Å²) in [6.45, 7) is 4.03. The van der Waals surface area contributed by atoms with Crippen molar-refractivity contribution in [3.63, 3.8) is 0 Å². The number of thiazole rings is 1. The van der Waals surface area contributed by atoms with E-state index in [9.17, 15) is 4.79 Å². The average molecular weight is 380 g/mol. The summed E-state index contributed by atoms with van der Waals surface area (Å²) in [4.78, 5) is 19.4. The number of hydrogen-bond acceptors (Lipinski definition) is 5. The predicted octanol–water partition coefficient (Wildman–Crippen LogP) is 6.18. The van der Waals surface area contributed by atoms with E-state index in [1.54, 1.807) is 11.3 Å². The number of fused-ring (bicyclic) bond motifs is 1. The first kappa shape index (κ1) is 16.9. The van der Waals surface area contributed by atoms with Gasteiger partial charge in [-0.3, -0.25) is 0 Å². The molecule has 4 aromatic rings. The minimum absolute atomic E-state index is 0.292. The number of carbonyl (C=O) groups is 1. The van der Waals surface area contributed by atoms with Crippen molar-refractivity contribution in [2.45, 2.75) is 13.8 Å². The number of thiophene rings is 1. The maximum Gasteiger partial charge on any atom is 0.350 e. The molecule has 5 heteroatoms. The van der Waals surface area contributed by atoms with Crippen LogP contribution in [0.4, 0.5) is 0 Å². The molecule has 0 aliphatic carbocycles. The molecule has 2 heterocycles. The fourth-order valence-electron chi connectivity index (χ4n) is 2.84. The zero-order chi connectivity index (χ0) is 18.1. The Kier molecular flexibility index (Phi) is 4.57. The van der Waals surface area contributed by atoms with Gasteiger partial charge in [-0.05, 0) is 48.4 Å². The van der Waals surface area contributed by atoms with E-state index >= 15 is 0 Å². The average Bonchev–Trinajstić information content (AvgIpc) is 3.28. The van der Waals surface area contributed by atoms with Crippen LogP contribution in [0.3, 0.4) is 0 Å². The number of esters is 1. The summed E-state index contributed by atoms with van der Waals surface area (Å²) in [5.74, 6) is -0.292. The van der Waals surface area contributed by atoms with Gasteiger partial charge in [0.1, 0.15) is 9.88 Å². The highest BCUT2D eigenvalue weighted by Gasteiger charge is 2.18. The smallest absolute Gasteiger partial charge is 0.350 e. The lowest BCUT2D eigenvalue weighted by atomic mass is 10.1. The third-order valence-electron chi connectivity index (χ3n) is 4.11. The molecule has 0 atom stereocenters. The van der Waals surface area contributed by atoms with Crippen LogP contribution in [-0.2, 0) is 4.74 Å². The molecular formula is C21H17NO2S2. The van der Waals surface area contributed by atoms with Crippen molar-refractivity contribution in [1.29, 1.82) is 0 Å². The van der Waals surface area contributed by atoms with Crippen LogP contribution in [0.25, 0.3) is 31.1 Å². The van der Waals surface area contributed by atoms with Crippen molar-refractivity contribution in [3.05, 3.63) is 65.2 Å². The van der Waals surface area contributed by atoms with Crippen molar-refractivity contribution < 1.29 is 9.53 Å². The zero-order valence-electron chi connectivity index (χ0n) is 14.5. The minimum atomic E-state index is -0.292. The van der Waals surface area contributed by atoms with Gasteiger partial charge in [0.25, 0.3) is 0 Å². The first-order valence-corrected chi connectivity index (χ1v) is 10.0. The van der Waals surface area contributed by atoms with Crippen LogP contribution in [0, 0.1) is 6.92 Å². The summed E-state index contributed by atoms with van der Waals surface area (Å²) in [7, 11) is 0. The van der Waals surface area contributed by atoms with Crippen molar-refractivity contribution in [3.8, 4) is 20.3 Å². The number of benzene rings is 2. The number of aromatic nitrogens is 1. The molecule has 0 saturated carbocycles. The van der Waals surface area contributed by atoms with Gasteiger partial charge in [-0.25, -0.2) is 9.78 Å². The summed E-state index contributed by atoms with van der Waals surface area (Å²) in [5, 5.41) is 3.33. The molecule has 0 spiro atoms. The maximum atomic E-state index is 12.0. The molecule has 0 saturated heterocycles. The number of rotatable bonds is 4. The zero-order valence-corrected chi connectivity index (χ0v) is 16.1. The second-order valence-electron chi connectivity index (χ2n) is 5.88. The van der Waals surface area contributed by atoms with Crippen LogP contribution in [-0.4, -0.2) is 17.6 Å². The number of nitrogens with zero attached hydrogens (tertiary/aromatic N) is 1. The standard InChI is InChI=1S/C21H17NO2S2/c1-3-24-21(23)19-13(2)22-20(26-19)18-11-10-17(25-18)16-9-8-14-6-4-5-7-15(14)12-16/h4-12H,3H2,1-2H3. The molecule has 0 amide bonds. The second-order valence-corrected chi connectivity index (χ2v) is 7.96. The fourth-order valence-corrected chi connectivity index (χ4v) is 4.86. The Hall–Kier alpha value is -2.50. The van der Waals surface area contributed by atoms with Gasteiger partial charge in [-0.2, -0.15) is 0 Å². The number of hydrogen-bond donors (Lipinski definition) is 0. The van der Waals surface area contributed by atoms with Gasteiger partial charge in [-0.1, -0.05) is 36.4 Å². The summed E-state index contributed by atoms with van der Waals surface area (Å²) >= 11 is 3.09. The van der Waals surface area contributed by atoms with Crippen LogP contribution < -0.4 is 0 Å². The van der Waals surface area contributed by atoms with Gasteiger partial charge in [0, 0.05) is 4.88 Å². The van der Waals surface area contributed by atoms with E-state index in [-0.39, 0.29) is 5.97 Å². The molecule has 0 radical (unpaired) electrons. The molecule has 2 aromatic carbocycles. The third kappa shape index (κ3) is 3.16. The van der Waals surface area contributed by atoms with E-state index in [0.717, 1.165) is 15.6 Å². The summed E-state index contributed by atoms with van der Waals surface area (Å²) in [5.41, 5.74) is 1.92. The van der Waals surface area contributed by atoms with Crippen LogP contribution in [0.2, 0.25) is 0 Å². The predicted molar refractivity (Wildman–Crippen MR) is 109 cm³/mol. The Bertz CT molecular complexity index is 1090. The molecule has 130 valence electrons. The normalized spacial score (nSPS) is 11.0. The molecule has 0 aliphatic rings. The van der Waals surface area contributed by atoms with E-state index in [0.29, 0.717) is 11.5 Å². The Labute approximate surface area is 159 Å². The van der Waals surface area contributed by atoms with Gasteiger partial charge in [0.2, 0.25) is 0 Å². The second kappa shape index (κ2) is 7.02. The van der Waals surface area contributed by atoms with Crippen molar-refractivity contribution in [2.24, 2.45) is 0 Å². The van der Waals surface area contributed by atoms with E-state index in [1.807, 2.05) is 13.8 Å². The highest BCUT2D eigenvalue weighted by Crippen LogP contribution is 2.38. The Morgan fingerprint density at radius 1 is 1.00 bits per heavy atom. The topological polar surface area (TPSA) is 39.2 Å². The van der Waals surface area contributed by atoms with Crippen LogP contribution in [0.15, 0.2) is 54.6 Å². The van der Waals surface area contributed by atoms with E-state index in [1.165, 1.54) is 32.5 Å². The molecule has 0 aliphatic heterocycles. The molecule has 26 heavy (non-hydrogen) atoms. The van der Waals surface area contributed by atoms with Crippen LogP contribution in [0.1, 0.15) is 22.3 Å². The quantitative estimate of drug-likeness (QED) is 0.398. The molecule has 3 nitrogen and oxygen atoms in total. The maximum absolute atomic E-state index is 12.0. The SMILES string of the molecule is CCOC(=O)c1sc(-c2ccc(-c3ccc4ccccc4c3)s2)nc1C. The molecule has 0 N–H and O–H groups in total. The molecule has 0 unspecified atom stereocenters. The first-order chi connectivity index (χ1) is 12.7. The fraction of sp³-hybridized carbons (Fsp3) is 0.143. The lowest BCUT2D eigenvalue weighted by molar-refractivity contribution is 0.0531. The molecule has 2 aromatic heterocycles. The first-order valence-electron chi connectivity index (χ1n) is 8.39. The van der Waals surface area contributed by atoms with Crippen molar-refractivity contribution in [2.75, 3.05) is 6.61 Å². The van der Waals surface area contributed by atoms with Gasteiger partial charge >= 0.3 is 5.97 Å². The van der Waals surface area contributed by atoms with Crippen molar-refractivity contribution >= 4 is 39.4 Å². The molecule has 0 bridgehead atoms. The van der Waals surface area contributed by atoms with Crippen LogP contribution in [0.5, 0.6) is 0 Å². The number of ether oxygens (including phenoxy) is 1. The molecule has 4 rings (SSSR count). The lowest BCUT2D eigenvalue weighted by Crippen LogP contribution is -2.03. The summed E-state index contributed by atoms with van der Waals surface area (Å²) in [6.07, 6.45) is 0. The summed E-state index contributed by atoms with van der Waals surface area (Å²) in [6, 6.07) is 19.1. The Morgan fingerprint density at radius 2 is 1.77 bits per heavy atom. The summed E-state index contributed by atoms with van der Waals surface area (Å²) < 4.78 is 5.11. The largest absolute Gasteiger partial charge is 0.462 e. The molecule has 0 fully saturated rings. The van der Waals surface area contributed by atoms with Gasteiger partial charge in [0.05, 0.1) is 17.2 Å². The van der Waals surface area contributed by atoms with Crippen LogP contribution >= 0.6 is 22.7 Å². The Morgan fingerprint density at radius 3 is 2.58 bits per heavy atom. The lowest BCUT2D eigenvalue weighted by Gasteiger charge is -2.01. The van der Waals surface area contributed by atoms with E-state index in [2.05, 4.69) is 59.6 Å². The highest BCUT2D eigenvalue weighted by atomic mass is 32.1. The third-order valence-corrected chi connectivity index (χ3v) is 6.55. The Balaban J connectivity index is 1.67. The monoisotopic (exact) mass is 379 g/mol. The number of aryl methyl sites for hydroxylation is 1. The molecular weight excluding hydrogens is 362 g/mol. The number of carbonyl (C=O) groups excluding carboxylic acids is 1. The van der Waals surface area contributed by atoms with Gasteiger partial charge < -0.3 is 4.74 Å². The van der Waals surface area contributed by atoms with Crippen molar-refractivity contribution in [1.82, 2.24) is 4.98 Å². The van der Waals surface area contributed by atoms with E-state index < -0.39 is 0 Å². The van der Waals surface area contributed by atoms with E-state index in [4.69, 9.17) is 4.74 Å². The van der Waals surface area contributed by atoms with Gasteiger partial charge in [-0.15, -0.1) is 22.7 Å². The van der Waals surface area contributed by atoms with Gasteiger partial charge in [0.15, 0.2) is 0 Å². The highest BCUT2D eigenvalue weighted by molar-refractivity contribution is 7.24. The minimum Gasteiger partial charge on any atom is -0.462 e.